The van der Waals surface area contributed by atoms with Gasteiger partial charge in [-0.25, -0.2) is 4.98 Å². The van der Waals surface area contributed by atoms with Crippen LogP contribution >= 0.6 is 0 Å². The molecule has 1 amide bonds. The molecule has 3 rings (SSSR count). The summed E-state index contributed by atoms with van der Waals surface area (Å²) in [6.07, 6.45) is 5.57. The molecular formula is C16H21N5O. The first kappa shape index (κ1) is 14.7. The van der Waals surface area contributed by atoms with Crippen molar-refractivity contribution in [1.82, 2.24) is 25.8 Å². The molecule has 116 valence electrons. The molecule has 1 aromatic carbocycles. The number of hydrogen-bond acceptors (Lipinski definition) is 4. The van der Waals surface area contributed by atoms with Crippen molar-refractivity contribution in [3.8, 4) is 11.4 Å². The summed E-state index contributed by atoms with van der Waals surface area (Å²) in [5, 5.41) is 13.2. The number of carbonyl (C=O) groups is 1. The summed E-state index contributed by atoms with van der Waals surface area (Å²) in [6, 6.07) is 8.88. The SMILES string of the molecule is O=CNCCC1NCCCC1c1cccc(-c2ncn[nH]2)c1. The van der Waals surface area contributed by atoms with Crippen LogP contribution < -0.4 is 10.6 Å². The fourth-order valence-electron chi connectivity index (χ4n) is 3.21. The van der Waals surface area contributed by atoms with E-state index in [4.69, 9.17) is 0 Å². The molecule has 6 heteroatoms. The minimum absolute atomic E-state index is 0.395. The molecule has 2 atom stereocenters. The second kappa shape index (κ2) is 7.17. The summed E-state index contributed by atoms with van der Waals surface area (Å²) in [5.74, 6) is 1.26. The Morgan fingerprint density at radius 3 is 3.18 bits per heavy atom. The molecule has 6 nitrogen and oxygen atoms in total. The Morgan fingerprint density at radius 2 is 2.36 bits per heavy atom. The molecule has 2 aromatic rings. The molecule has 2 heterocycles. The summed E-state index contributed by atoms with van der Waals surface area (Å²) in [4.78, 5) is 14.6. The number of nitrogens with zero attached hydrogens (tertiary/aromatic N) is 2. The number of aromatic nitrogens is 3. The van der Waals surface area contributed by atoms with Gasteiger partial charge in [-0.2, -0.15) is 5.10 Å². The fraction of sp³-hybridized carbons (Fsp3) is 0.438. The number of piperidine rings is 1. The lowest BCUT2D eigenvalue weighted by atomic mass is 9.82. The van der Waals surface area contributed by atoms with Crippen LogP contribution in [0.15, 0.2) is 30.6 Å². The normalized spacial score (nSPS) is 21.5. The maximum absolute atomic E-state index is 10.4. The van der Waals surface area contributed by atoms with E-state index in [0.717, 1.165) is 30.8 Å². The number of nitrogens with one attached hydrogen (secondary N) is 3. The highest BCUT2D eigenvalue weighted by molar-refractivity contribution is 5.55. The van der Waals surface area contributed by atoms with E-state index in [-0.39, 0.29) is 0 Å². The first-order valence-corrected chi connectivity index (χ1v) is 7.74. The van der Waals surface area contributed by atoms with Crippen LogP contribution in [0.2, 0.25) is 0 Å². The van der Waals surface area contributed by atoms with Crippen molar-refractivity contribution in [2.45, 2.75) is 31.2 Å². The van der Waals surface area contributed by atoms with Crippen molar-refractivity contribution >= 4 is 6.41 Å². The van der Waals surface area contributed by atoms with Crippen molar-refractivity contribution in [2.24, 2.45) is 0 Å². The first-order chi connectivity index (χ1) is 10.9. The number of rotatable bonds is 6. The molecule has 1 aliphatic heterocycles. The van der Waals surface area contributed by atoms with Crippen LogP contribution in [0.4, 0.5) is 0 Å². The van der Waals surface area contributed by atoms with E-state index in [9.17, 15) is 4.79 Å². The molecule has 22 heavy (non-hydrogen) atoms. The summed E-state index contributed by atoms with van der Waals surface area (Å²) < 4.78 is 0. The fourth-order valence-corrected chi connectivity index (χ4v) is 3.21. The Labute approximate surface area is 129 Å². The van der Waals surface area contributed by atoms with Gasteiger partial charge in [0.05, 0.1) is 0 Å². The largest absolute Gasteiger partial charge is 0.359 e. The Hall–Kier alpha value is -2.21. The maximum atomic E-state index is 10.4. The lowest BCUT2D eigenvalue weighted by molar-refractivity contribution is -0.109. The average Bonchev–Trinajstić information content (AvgIpc) is 3.10. The van der Waals surface area contributed by atoms with E-state index >= 15 is 0 Å². The quantitative estimate of drug-likeness (QED) is 0.557. The molecule has 2 unspecified atom stereocenters. The van der Waals surface area contributed by atoms with Crippen LogP contribution in [0.5, 0.6) is 0 Å². The zero-order valence-corrected chi connectivity index (χ0v) is 12.5. The molecular weight excluding hydrogens is 278 g/mol. The zero-order chi connectivity index (χ0) is 15.2. The van der Waals surface area contributed by atoms with Gasteiger partial charge in [0.15, 0.2) is 5.82 Å². The van der Waals surface area contributed by atoms with Crippen molar-refractivity contribution < 1.29 is 4.79 Å². The number of benzene rings is 1. The van der Waals surface area contributed by atoms with Crippen molar-refractivity contribution in [2.75, 3.05) is 13.1 Å². The molecule has 1 aliphatic rings. The molecule has 0 saturated carbocycles. The van der Waals surface area contributed by atoms with Gasteiger partial charge in [0.25, 0.3) is 0 Å². The van der Waals surface area contributed by atoms with E-state index in [1.807, 2.05) is 6.07 Å². The van der Waals surface area contributed by atoms with Crippen LogP contribution in [0.1, 0.15) is 30.7 Å². The summed E-state index contributed by atoms with van der Waals surface area (Å²) in [6.45, 7) is 1.75. The number of carbonyl (C=O) groups excluding carboxylic acids is 1. The van der Waals surface area contributed by atoms with Crippen LogP contribution in [-0.2, 0) is 4.79 Å². The van der Waals surface area contributed by atoms with Crippen LogP contribution in [0.3, 0.4) is 0 Å². The minimum atomic E-state index is 0.395. The van der Waals surface area contributed by atoms with Crippen LogP contribution in [0.25, 0.3) is 11.4 Å². The zero-order valence-electron chi connectivity index (χ0n) is 12.5. The average molecular weight is 299 g/mol. The van der Waals surface area contributed by atoms with Gasteiger partial charge in [-0.1, -0.05) is 18.2 Å². The highest BCUT2D eigenvalue weighted by Crippen LogP contribution is 2.31. The van der Waals surface area contributed by atoms with Gasteiger partial charge < -0.3 is 10.6 Å². The van der Waals surface area contributed by atoms with Gasteiger partial charge in [0.1, 0.15) is 6.33 Å². The Bertz CT molecular complexity index is 598. The standard InChI is InChI=1S/C16H21N5O/c22-11-17-8-6-15-14(5-2-7-18-15)12-3-1-4-13(9-12)16-19-10-20-21-16/h1,3-4,9-11,14-15,18H,2,5-8H2,(H,17,22)(H,19,20,21). The third-order valence-corrected chi connectivity index (χ3v) is 4.27. The molecule has 1 aromatic heterocycles. The topological polar surface area (TPSA) is 82.7 Å². The second-order valence-electron chi connectivity index (χ2n) is 5.63. The maximum Gasteiger partial charge on any atom is 0.207 e. The number of amides is 1. The van der Waals surface area contributed by atoms with Gasteiger partial charge in [0, 0.05) is 18.2 Å². The molecule has 0 radical (unpaired) electrons. The third-order valence-electron chi connectivity index (χ3n) is 4.27. The van der Waals surface area contributed by atoms with Crippen LogP contribution in [-0.4, -0.2) is 40.7 Å². The number of H-pyrrole nitrogens is 1. The van der Waals surface area contributed by atoms with E-state index in [2.05, 4.69) is 44.0 Å². The highest BCUT2D eigenvalue weighted by atomic mass is 16.1. The highest BCUT2D eigenvalue weighted by Gasteiger charge is 2.26. The van der Waals surface area contributed by atoms with Crippen LogP contribution in [0, 0.1) is 0 Å². The monoisotopic (exact) mass is 299 g/mol. The van der Waals surface area contributed by atoms with E-state index in [1.165, 1.54) is 24.7 Å². The molecule has 0 spiro atoms. The molecule has 1 saturated heterocycles. The molecule has 0 aliphatic carbocycles. The van der Waals surface area contributed by atoms with Gasteiger partial charge in [-0.3, -0.25) is 9.89 Å². The van der Waals surface area contributed by atoms with E-state index in [0.29, 0.717) is 18.5 Å². The van der Waals surface area contributed by atoms with Gasteiger partial charge in [0.2, 0.25) is 6.41 Å². The Morgan fingerprint density at radius 1 is 1.41 bits per heavy atom. The predicted octanol–water partition coefficient (Wildman–Crippen LogP) is 1.44. The lowest BCUT2D eigenvalue weighted by Crippen LogP contribution is -2.41. The number of aromatic amines is 1. The molecule has 3 N–H and O–H groups in total. The lowest BCUT2D eigenvalue weighted by Gasteiger charge is -2.33. The molecule has 1 fully saturated rings. The summed E-state index contributed by atoms with van der Waals surface area (Å²) in [7, 11) is 0. The van der Waals surface area contributed by atoms with Crippen molar-refractivity contribution in [1.29, 1.82) is 0 Å². The third kappa shape index (κ3) is 3.33. The summed E-state index contributed by atoms with van der Waals surface area (Å²) in [5.41, 5.74) is 2.38. The predicted molar refractivity (Wildman–Crippen MR) is 84.3 cm³/mol. The smallest absolute Gasteiger partial charge is 0.207 e. The minimum Gasteiger partial charge on any atom is -0.359 e. The van der Waals surface area contributed by atoms with E-state index in [1.54, 1.807) is 0 Å². The first-order valence-electron chi connectivity index (χ1n) is 7.74. The Kier molecular flexibility index (Phi) is 4.80. The summed E-state index contributed by atoms with van der Waals surface area (Å²) >= 11 is 0. The molecule has 0 bridgehead atoms. The van der Waals surface area contributed by atoms with Crippen molar-refractivity contribution in [3.05, 3.63) is 36.2 Å². The van der Waals surface area contributed by atoms with Gasteiger partial charge >= 0.3 is 0 Å². The van der Waals surface area contributed by atoms with Gasteiger partial charge in [-0.15, -0.1) is 0 Å². The second-order valence-corrected chi connectivity index (χ2v) is 5.63. The van der Waals surface area contributed by atoms with E-state index < -0.39 is 0 Å². The Balaban J connectivity index is 1.78. The van der Waals surface area contributed by atoms with Crippen molar-refractivity contribution in [3.63, 3.8) is 0 Å². The number of hydrogen-bond donors (Lipinski definition) is 3. The van der Waals surface area contributed by atoms with Gasteiger partial charge in [-0.05, 0) is 43.4 Å².